The third-order valence-corrected chi connectivity index (χ3v) is 3.20. The highest BCUT2D eigenvalue weighted by Crippen LogP contribution is 2.07. The molecule has 5 nitrogen and oxygen atoms in total. The first kappa shape index (κ1) is 11.7. The number of urea groups is 1. The fraction of sp³-hybridized carbons (Fsp3) is 0.909. The van der Waals surface area contributed by atoms with E-state index in [9.17, 15) is 4.79 Å². The zero-order chi connectivity index (χ0) is 11.2. The van der Waals surface area contributed by atoms with E-state index in [0.717, 1.165) is 13.1 Å². The van der Waals surface area contributed by atoms with E-state index in [2.05, 4.69) is 10.2 Å². The van der Waals surface area contributed by atoms with E-state index in [1.165, 1.54) is 19.3 Å². The molecule has 0 aliphatic carbocycles. The van der Waals surface area contributed by atoms with Crippen LogP contribution in [0, 0.1) is 0 Å². The molecule has 0 bridgehead atoms. The van der Waals surface area contributed by atoms with Gasteiger partial charge in [-0.15, -0.1) is 0 Å². The van der Waals surface area contributed by atoms with Crippen LogP contribution in [0.4, 0.5) is 4.79 Å². The fourth-order valence-corrected chi connectivity index (χ4v) is 2.18. The summed E-state index contributed by atoms with van der Waals surface area (Å²) in [6.07, 6.45) is 3.84. The Bertz CT molecular complexity index is 223. The molecule has 2 saturated heterocycles. The van der Waals surface area contributed by atoms with Crippen molar-refractivity contribution in [1.82, 2.24) is 15.1 Å². The summed E-state index contributed by atoms with van der Waals surface area (Å²) < 4.78 is 5.21. The van der Waals surface area contributed by atoms with Gasteiger partial charge in [-0.05, 0) is 25.9 Å². The first-order chi connectivity index (χ1) is 7.86. The molecule has 2 aliphatic heterocycles. The number of likely N-dealkylation sites (tertiary alicyclic amines) is 1. The van der Waals surface area contributed by atoms with E-state index >= 15 is 0 Å². The van der Waals surface area contributed by atoms with E-state index in [0.29, 0.717) is 33.0 Å². The van der Waals surface area contributed by atoms with Crippen LogP contribution in [0.3, 0.4) is 0 Å². The second-order valence-electron chi connectivity index (χ2n) is 4.42. The monoisotopic (exact) mass is 227 g/mol. The van der Waals surface area contributed by atoms with Crippen LogP contribution in [-0.2, 0) is 4.74 Å². The maximum absolute atomic E-state index is 11.8. The molecule has 16 heavy (non-hydrogen) atoms. The van der Waals surface area contributed by atoms with E-state index in [1.807, 2.05) is 4.90 Å². The number of nitrogens with zero attached hydrogens (tertiary/aromatic N) is 2. The molecule has 0 aromatic heterocycles. The van der Waals surface area contributed by atoms with E-state index in [-0.39, 0.29) is 6.03 Å². The molecule has 0 unspecified atom stereocenters. The molecule has 0 atom stereocenters. The van der Waals surface area contributed by atoms with Gasteiger partial charge in [-0.1, -0.05) is 6.42 Å². The molecular weight excluding hydrogens is 206 g/mol. The summed E-state index contributed by atoms with van der Waals surface area (Å²) in [5.41, 5.74) is 0. The normalized spacial score (nSPS) is 23.1. The van der Waals surface area contributed by atoms with Crippen molar-refractivity contribution in [2.75, 3.05) is 46.1 Å². The van der Waals surface area contributed by atoms with Gasteiger partial charge in [0.05, 0.1) is 19.9 Å². The van der Waals surface area contributed by atoms with Gasteiger partial charge in [0.1, 0.15) is 0 Å². The van der Waals surface area contributed by atoms with Crippen LogP contribution in [0.1, 0.15) is 19.3 Å². The molecule has 92 valence electrons. The predicted molar refractivity (Wildman–Crippen MR) is 61.2 cm³/mol. The Labute approximate surface area is 96.7 Å². The van der Waals surface area contributed by atoms with Crippen molar-refractivity contribution in [3.63, 3.8) is 0 Å². The summed E-state index contributed by atoms with van der Waals surface area (Å²) >= 11 is 0. The molecule has 1 N–H and O–H groups in total. The lowest BCUT2D eigenvalue weighted by Crippen LogP contribution is -2.49. The molecule has 0 radical (unpaired) electrons. The number of rotatable bonds is 2. The lowest BCUT2D eigenvalue weighted by molar-refractivity contribution is 0.0518. The second-order valence-corrected chi connectivity index (χ2v) is 4.42. The van der Waals surface area contributed by atoms with Crippen LogP contribution in [-0.4, -0.2) is 61.9 Å². The van der Waals surface area contributed by atoms with Gasteiger partial charge in [0, 0.05) is 13.1 Å². The zero-order valence-electron chi connectivity index (χ0n) is 9.78. The molecule has 5 heteroatoms. The SMILES string of the molecule is O=C(NCN1CCCCC1)N1CCOCC1. The van der Waals surface area contributed by atoms with Gasteiger partial charge in [-0.2, -0.15) is 0 Å². The average molecular weight is 227 g/mol. The Hall–Kier alpha value is -0.810. The molecule has 0 saturated carbocycles. The number of piperidine rings is 1. The Morgan fingerprint density at radius 2 is 1.75 bits per heavy atom. The Morgan fingerprint density at radius 1 is 1.06 bits per heavy atom. The topological polar surface area (TPSA) is 44.8 Å². The molecule has 2 heterocycles. The molecule has 2 fully saturated rings. The summed E-state index contributed by atoms with van der Waals surface area (Å²) in [7, 11) is 0. The third kappa shape index (κ3) is 3.35. The van der Waals surface area contributed by atoms with Gasteiger partial charge >= 0.3 is 6.03 Å². The molecular formula is C11H21N3O2. The minimum Gasteiger partial charge on any atom is -0.378 e. The van der Waals surface area contributed by atoms with Gasteiger partial charge in [-0.25, -0.2) is 4.79 Å². The van der Waals surface area contributed by atoms with E-state index < -0.39 is 0 Å². The van der Waals surface area contributed by atoms with Crippen molar-refractivity contribution >= 4 is 6.03 Å². The van der Waals surface area contributed by atoms with Gasteiger partial charge in [0.2, 0.25) is 0 Å². The van der Waals surface area contributed by atoms with E-state index in [1.54, 1.807) is 0 Å². The smallest absolute Gasteiger partial charge is 0.318 e. The Kier molecular flexibility index (Phi) is 4.42. The number of morpholine rings is 1. The highest BCUT2D eigenvalue weighted by atomic mass is 16.5. The number of carbonyl (C=O) groups excluding carboxylic acids is 1. The van der Waals surface area contributed by atoms with Gasteiger partial charge < -0.3 is 15.0 Å². The van der Waals surface area contributed by atoms with Crippen molar-refractivity contribution in [2.24, 2.45) is 0 Å². The quantitative estimate of drug-likeness (QED) is 0.746. The largest absolute Gasteiger partial charge is 0.378 e. The van der Waals surface area contributed by atoms with Crippen LogP contribution < -0.4 is 5.32 Å². The number of hydrogen-bond acceptors (Lipinski definition) is 3. The predicted octanol–water partition coefficient (Wildman–Crippen LogP) is 0.472. The van der Waals surface area contributed by atoms with Gasteiger partial charge in [0.25, 0.3) is 0 Å². The average Bonchev–Trinajstić information content (AvgIpc) is 2.38. The number of carbonyl (C=O) groups is 1. The lowest BCUT2D eigenvalue weighted by Gasteiger charge is -2.30. The van der Waals surface area contributed by atoms with Crippen LogP contribution in [0.25, 0.3) is 0 Å². The lowest BCUT2D eigenvalue weighted by atomic mass is 10.1. The van der Waals surface area contributed by atoms with Crippen molar-refractivity contribution in [3.05, 3.63) is 0 Å². The third-order valence-electron chi connectivity index (χ3n) is 3.20. The van der Waals surface area contributed by atoms with Crippen molar-refractivity contribution in [3.8, 4) is 0 Å². The van der Waals surface area contributed by atoms with Crippen molar-refractivity contribution in [1.29, 1.82) is 0 Å². The molecule has 2 aliphatic rings. The summed E-state index contributed by atoms with van der Waals surface area (Å²) in [6, 6.07) is 0.0499. The van der Waals surface area contributed by atoms with E-state index in [4.69, 9.17) is 4.74 Å². The second kappa shape index (κ2) is 6.06. The van der Waals surface area contributed by atoms with Crippen molar-refractivity contribution < 1.29 is 9.53 Å². The maximum Gasteiger partial charge on any atom is 0.318 e. The number of ether oxygens (including phenoxy) is 1. The fourth-order valence-electron chi connectivity index (χ4n) is 2.18. The standard InChI is InChI=1S/C11H21N3O2/c15-11(14-6-8-16-9-7-14)12-10-13-4-2-1-3-5-13/h1-10H2,(H,12,15). The highest BCUT2D eigenvalue weighted by molar-refractivity contribution is 5.74. The first-order valence-electron chi connectivity index (χ1n) is 6.19. The van der Waals surface area contributed by atoms with Crippen LogP contribution in [0.5, 0.6) is 0 Å². The van der Waals surface area contributed by atoms with Crippen LogP contribution in [0.2, 0.25) is 0 Å². The molecule has 0 aromatic rings. The first-order valence-corrected chi connectivity index (χ1v) is 6.19. The Morgan fingerprint density at radius 3 is 2.44 bits per heavy atom. The molecule has 2 rings (SSSR count). The number of amides is 2. The van der Waals surface area contributed by atoms with Gasteiger partial charge in [-0.3, -0.25) is 4.90 Å². The summed E-state index contributed by atoms with van der Waals surface area (Å²) in [5, 5.41) is 2.98. The summed E-state index contributed by atoms with van der Waals surface area (Å²) in [5.74, 6) is 0. The molecule has 0 aromatic carbocycles. The van der Waals surface area contributed by atoms with Crippen molar-refractivity contribution in [2.45, 2.75) is 19.3 Å². The summed E-state index contributed by atoms with van der Waals surface area (Å²) in [6.45, 7) is 5.68. The van der Waals surface area contributed by atoms with Gasteiger partial charge in [0.15, 0.2) is 0 Å². The van der Waals surface area contributed by atoms with Crippen LogP contribution in [0.15, 0.2) is 0 Å². The minimum atomic E-state index is 0.0499. The van der Waals surface area contributed by atoms with Crippen LogP contribution >= 0.6 is 0 Å². The highest BCUT2D eigenvalue weighted by Gasteiger charge is 2.17. The molecule has 2 amide bonds. The zero-order valence-corrected chi connectivity index (χ0v) is 9.78. The summed E-state index contributed by atoms with van der Waals surface area (Å²) in [4.78, 5) is 15.9. The molecule has 0 spiro atoms. The maximum atomic E-state index is 11.8. The Balaban J connectivity index is 1.65. The number of nitrogens with one attached hydrogen (secondary N) is 1. The minimum absolute atomic E-state index is 0.0499. The number of hydrogen-bond donors (Lipinski definition) is 1.